The van der Waals surface area contributed by atoms with Gasteiger partial charge in [0, 0.05) is 23.5 Å². The van der Waals surface area contributed by atoms with Gasteiger partial charge in [-0.05, 0) is 17.7 Å². The molecular formula is C15H11N3O. The third-order valence-electron chi connectivity index (χ3n) is 2.89. The summed E-state index contributed by atoms with van der Waals surface area (Å²) < 4.78 is 0. The fraction of sp³-hybridized carbons (Fsp3) is 0. The van der Waals surface area contributed by atoms with Gasteiger partial charge in [0.15, 0.2) is 0 Å². The van der Waals surface area contributed by atoms with Crippen molar-refractivity contribution in [2.45, 2.75) is 0 Å². The molecule has 0 atom stereocenters. The van der Waals surface area contributed by atoms with Gasteiger partial charge in [-0.2, -0.15) is 5.10 Å². The fourth-order valence-electron chi connectivity index (χ4n) is 1.94. The van der Waals surface area contributed by atoms with Crippen LogP contribution in [0.15, 0.2) is 61.1 Å². The Bertz CT molecular complexity index is 690. The summed E-state index contributed by atoms with van der Waals surface area (Å²) in [6.07, 6.45) is 5.05. The molecule has 3 rings (SSSR count). The van der Waals surface area contributed by atoms with E-state index in [4.69, 9.17) is 0 Å². The van der Waals surface area contributed by atoms with Gasteiger partial charge in [-0.3, -0.25) is 14.9 Å². The van der Waals surface area contributed by atoms with Crippen molar-refractivity contribution in [1.82, 2.24) is 15.2 Å². The number of nitrogens with zero attached hydrogens (tertiary/aromatic N) is 2. The van der Waals surface area contributed by atoms with Gasteiger partial charge in [0.25, 0.3) is 0 Å². The maximum Gasteiger partial charge on any atom is 0.211 e. The Hall–Kier alpha value is -2.75. The number of aromatic amines is 1. The van der Waals surface area contributed by atoms with Crippen LogP contribution in [0.1, 0.15) is 16.1 Å². The van der Waals surface area contributed by atoms with Gasteiger partial charge in [-0.15, -0.1) is 0 Å². The standard InChI is InChI=1S/C15H11N3O/c19-15(12-4-2-1-3-5-12)14-13(10-17-18-14)11-6-8-16-9-7-11/h1-10H,(H,17,18). The number of aromatic nitrogens is 3. The molecule has 1 N–H and O–H groups in total. The van der Waals surface area contributed by atoms with Crippen molar-refractivity contribution < 1.29 is 4.79 Å². The van der Waals surface area contributed by atoms with Gasteiger partial charge < -0.3 is 0 Å². The zero-order chi connectivity index (χ0) is 13.1. The number of carbonyl (C=O) groups is 1. The summed E-state index contributed by atoms with van der Waals surface area (Å²) in [4.78, 5) is 16.4. The number of rotatable bonds is 3. The van der Waals surface area contributed by atoms with Gasteiger partial charge >= 0.3 is 0 Å². The maximum absolute atomic E-state index is 12.4. The van der Waals surface area contributed by atoms with Gasteiger partial charge in [-0.1, -0.05) is 30.3 Å². The molecule has 0 aliphatic heterocycles. The van der Waals surface area contributed by atoms with Crippen LogP contribution >= 0.6 is 0 Å². The number of carbonyl (C=O) groups excluding carboxylic acids is 1. The second-order valence-corrected chi connectivity index (χ2v) is 4.09. The quantitative estimate of drug-likeness (QED) is 0.726. The maximum atomic E-state index is 12.4. The molecule has 0 radical (unpaired) electrons. The van der Waals surface area contributed by atoms with E-state index in [0.29, 0.717) is 11.3 Å². The van der Waals surface area contributed by atoms with Gasteiger partial charge in [0.2, 0.25) is 5.78 Å². The van der Waals surface area contributed by atoms with Crippen LogP contribution in [0.25, 0.3) is 11.1 Å². The van der Waals surface area contributed by atoms with Crippen LogP contribution in [0.3, 0.4) is 0 Å². The number of ketones is 1. The molecule has 0 aliphatic rings. The van der Waals surface area contributed by atoms with E-state index in [0.717, 1.165) is 11.1 Å². The van der Waals surface area contributed by atoms with Crippen LogP contribution < -0.4 is 0 Å². The predicted octanol–water partition coefficient (Wildman–Crippen LogP) is 2.70. The van der Waals surface area contributed by atoms with Crippen LogP contribution in [0, 0.1) is 0 Å². The Morgan fingerprint density at radius 2 is 1.74 bits per heavy atom. The van der Waals surface area contributed by atoms with Crippen LogP contribution in [-0.2, 0) is 0 Å². The molecule has 0 aliphatic carbocycles. The van der Waals surface area contributed by atoms with E-state index in [-0.39, 0.29) is 5.78 Å². The second-order valence-electron chi connectivity index (χ2n) is 4.09. The average Bonchev–Trinajstić information content (AvgIpc) is 2.98. The highest BCUT2D eigenvalue weighted by atomic mass is 16.1. The van der Waals surface area contributed by atoms with Crippen LogP contribution in [0.2, 0.25) is 0 Å². The molecule has 0 fully saturated rings. The lowest BCUT2D eigenvalue weighted by Crippen LogP contribution is -2.03. The molecule has 3 aromatic rings. The molecular weight excluding hydrogens is 238 g/mol. The molecule has 4 nitrogen and oxygen atoms in total. The number of hydrogen-bond acceptors (Lipinski definition) is 3. The van der Waals surface area contributed by atoms with Crippen molar-refractivity contribution in [2.24, 2.45) is 0 Å². The minimum absolute atomic E-state index is 0.0649. The summed E-state index contributed by atoms with van der Waals surface area (Å²) in [7, 11) is 0. The van der Waals surface area contributed by atoms with E-state index in [9.17, 15) is 4.79 Å². The summed E-state index contributed by atoms with van der Waals surface area (Å²) in [5.74, 6) is -0.0649. The lowest BCUT2D eigenvalue weighted by Gasteiger charge is -2.02. The Morgan fingerprint density at radius 1 is 1.00 bits per heavy atom. The number of pyridine rings is 1. The highest BCUT2D eigenvalue weighted by Gasteiger charge is 2.16. The Labute approximate surface area is 110 Å². The topological polar surface area (TPSA) is 58.6 Å². The normalized spacial score (nSPS) is 10.3. The third-order valence-corrected chi connectivity index (χ3v) is 2.89. The predicted molar refractivity (Wildman–Crippen MR) is 71.7 cm³/mol. The minimum Gasteiger partial charge on any atom is -0.287 e. The van der Waals surface area contributed by atoms with E-state index in [1.165, 1.54) is 0 Å². The SMILES string of the molecule is O=C(c1ccccc1)c1[nH]ncc1-c1ccncc1. The van der Waals surface area contributed by atoms with Crippen molar-refractivity contribution in [3.8, 4) is 11.1 Å². The highest BCUT2D eigenvalue weighted by molar-refractivity contribution is 6.11. The van der Waals surface area contributed by atoms with Crippen molar-refractivity contribution in [3.05, 3.63) is 72.3 Å². The lowest BCUT2D eigenvalue weighted by molar-refractivity contribution is 0.103. The Morgan fingerprint density at radius 3 is 2.47 bits per heavy atom. The number of benzene rings is 1. The largest absolute Gasteiger partial charge is 0.287 e. The summed E-state index contributed by atoms with van der Waals surface area (Å²) in [6.45, 7) is 0. The van der Waals surface area contributed by atoms with E-state index in [1.807, 2.05) is 30.3 Å². The van der Waals surface area contributed by atoms with Gasteiger partial charge in [0.05, 0.1) is 6.20 Å². The number of H-pyrrole nitrogens is 1. The van der Waals surface area contributed by atoms with Gasteiger partial charge in [0.1, 0.15) is 5.69 Å². The molecule has 0 amide bonds. The first-order chi connectivity index (χ1) is 9.36. The van der Waals surface area contributed by atoms with Crippen molar-refractivity contribution >= 4 is 5.78 Å². The molecule has 2 heterocycles. The molecule has 19 heavy (non-hydrogen) atoms. The van der Waals surface area contributed by atoms with Crippen LogP contribution in [0.5, 0.6) is 0 Å². The number of nitrogens with one attached hydrogen (secondary N) is 1. The summed E-state index contributed by atoms with van der Waals surface area (Å²) >= 11 is 0. The molecule has 0 saturated heterocycles. The zero-order valence-electron chi connectivity index (χ0n) is 10.1. The smallest absolute Gasteiger partial charge is 0.211 e. The summed E-state index contributed by atoms with van der Waals surface area (Å²) in [5, 5.41) is 6.76. The minimum atomic E-state index is -0.0649. The first kappa shape index (κ1) is 11.3. The van der Waals surface area contributed by atoms with Crippen molar-refractivity contribution in [2.75, 3.05) is 0 Å². The average molecular weight is 249 g/mol. The monoisotopic (exact) mass is 249 g/mol. The first-order valence-corrected chi connectivity index (χ1v) is 5.90. The van der Waals surface area contributed by atoms with Crippen LogP contribution in [-0.4, -0.2) is 21.0 Å². The second kappa shape index (κ2) is 4.86. The fourth-order valence-corrected chi connectivity index (χ4v) is 1.94. The Kier molecular flexibility index (Phi) is 2.90. The molecule has 0 saturated carbocycles. The highest BCUT2D eigenvalue weighted by Crippen LogP contribution is 2.23. The third kappa shape index (κ3) is 2.15. The molecule has 0 spiro atoms. The summed E-state index contributed by atoms with van der Waals surface area (Å²) in [5.41, 5.74) is 2.85. The zero-order valence-corrected chi connectivity index (χ0v) is 10.1. The van der Waals surface area contributed by atoms with Crippen molar-refractivity contribution in [1.29, 1.82) is 0 Å². The molecule has 2 aromatic heterocycles. The number of hydrogen-bond donors (Lipinski definition) is 1. The van der Waals surface area contributed by atoms with E-state index >= 15 is 0 Å². The molecule has 0 bridgehead atoms. The van der Waals surface area contributed by atoms with Crippen LogP contribution in [0.4, 0.5) is 0 Å². The molecule has 4 heteroatoms. The van der Waals surface area contributed by atoms with E-state index < -0.39 is 0 Å². The lowest BCUT2D eigenvalue weighted by atomic mass is 10.0. The van der Waals surface area contributed by atoms with E-state index in [2.05, 4.69) is 15.2 Å². The van der Waals surface area contributed by atoms with E-state index in [1.54, 1.807) is 30.7 Å². The van der Waals surface area contributed by atoms with Crippen molar-refractivity contribution in [3.63, 3.8) is 0 Å². The summed E-state index contributed by atoms with van der Waals surface area (Å²) in [6, 6.07) is 12.9. The Balaban J connectivity index is 2.04. The molecule has 0 unspecified atom stereocenters. The first-order valence-electron chi connectivity index (χ1n) is 5.90. The molecule has 1 aromatic carbocycles. The van der Waals surface area contributed by atoms with Gasteiger partial charge in [-0.25, -0.2) is 0 Å². The molecule has 92 valence electrons.